The third-order valence-corrected chi connectivity index (χ3v) is 6.85. The van der Waals surface area contributed by atoms with Crippen LogP contribution >= 0.6 is 11.8 Å². The second-order valence-corrected chi connectivity index (χ2v) is 9.17. The third kappa shape index (κ3) is 5.46. The van der Waals surface area contributed by atoms with Gasteiger partial charge in [0.2, 0.25) is 11.8 Å². The number of aromatic nitrogens is 1. The molecule has 176 valence electrons. The van der Waals surface area contributed by atoms with Gasteiger partial charge in [0, 0.05) is 54.3 Å². The van der Waals surface area contributed by atoms with Crippen LogP contribution in [0.3, 0.4) is 0 Å². The number of hydrogen-bond donors (Lipinski definition) is 2. The highest BCUT2D eigenvalue weighted by Crippen LogP contribution is 2.39. The van der Waals surface area contributed by atoms with Crippen LogP contribution in [0.5, 0.6) is 5.88 Å². The number of benzene rings is 1. The van der Waals surface area contributed by atoms with E-state index in [4.69, 9.17) is 16.5 Å². The number of nitrogens with one attached hydrogen (secondary N) is 1. The molecule has 1 saturated carbocycles. The summed E-state index contributed by atoms with van der Waals surface area (Å²) in [5.41, 5.74) is 0.410. The number of carbonyl (C=O) groups excluding carboxylic acids is 2. The van der Waals surface area contributed by atoms with E-state index in [9.17, 15) is 14.7 Å². The zero-order valence-electron chi connectivity index (χ0n) is 18.6. The van der Waals surface area contributed by atoms with Crippen molar-refractivity contribution in [2.45, 2.75) is 43.4 Å². The first-order valence-electron chi connectivity index (χ1n) is 11.2. The van der Waals surface area contributed by atoms with Crippen LogP contribution in [-0.4, -0.2) is 70.1 Å². The Labute approximate surface area is 198 Å². The van der Waals surface area contributed by atoms with Gasteiger partial charge >= 0.3 is 0 Å². The highest BCUT2D eigenvalue weighted by atomic mass is 35.5. The molecule has 1 aliphatic carbocycles. The first-order valence-corrected chi connectivity index (χ1v) is 11.5. The monoisotopic (exact) mass is 472 g/mol. The minimum Gasteiger partial charge on any atom is -0.481 e. The number of nitrogens with zero attached hydrogens (tertiary/aromatic N) is 3. The topological polar surface area (TPSA) is 95.0 Å². The predicted octanol–water partition coefficient (Wildman–Crippen LogP) is 2.32. The van der Waals surface area contributed by atoms with E-state index in [2.05, 4.69) is 15.2 Å². The molecule has 2 aliphatic rings. The summed E-state index contributed by atoms with van der Waals surface area (Å²) in [5, 5.41) is 14.0. The molecule has 0 atom stereocenters. The molecule has 2 amide bonds. The lowest BCUT2D eigenvalue weighted by Gasteiger charge is -2.48. The quantitative estimate of drug-likeness (QED) is 0.600. The van der Waals surface area contributed by atoms with Gasteiger partial charge in [-0.05, 0) is 43.9 Å². The van der Waals surface area contributed by atoms with E-state index in [0.717, 1.165) is 35.9 Å². The lowest BCUT2D eigenvalue weighted by Crippen LogP contribution is -2.63. The number of methoxy groups -OCH3 is 1. The molecule has 1 aromatic heterocycles. The molecule has 8 nitrogen and oxygen atoms in total. The Morgan fingerprint density at radius 1 is 1.21 bits per heavy atom. The highest BCUT2D eigenvalue weighted by molar-refractivity contribution is 6.25. The van der Waals surface area contributed by atoms with Crippen molar-refractivity contribution in [2.75, 3.05) is 26.7 Å². The fraction of sp³-hybridized carbons (Fsp3) is 0.458. The summed E-state index contributed by atoms with van der Waals surface area (Å²) in [5.74, 6) is -0.139. The van der Waals surface area contributed by atoms with E-state index >= 15 is 0 Å². The van der Waals surface area contributed by atoms with Gasteiger partial charge in [-0.1, -0.05) is 18.2 Å². The standard InChI is InChI=1S/C24H29ClN4O4/c1-33-22-8-7-18(13-26-22)24(32)11-9-20(10-12-24)28-14-19(15-28)27-21(30)16-29(25)23(31)17-5-3-2-4-6-17/h2-8,13,19-20,32H,9-12,14-16H2,1H3,(H,27,30). The van der Waals surface area contributed by atoms with Crippen LogP contribution in [0.25, 0.3) is 0 Å². The zero-order chi connectivity index (χ0) is 23.4. The molecule has 2 N–H and O–H groups in total. The molecule has 0 spiro atoms. The number of hydrogen-bond acceptors (Lipinski definition) is 6. The van der Waals surface area contributed by atoms with Crippen molar-refractivity contribution in [3.63, 3.8) is 0 Å². The van der Waals surface area contributed by atoms with E-state index in [1.54, 1.807) is 43.6 Å². The Bertz CT molecular complexity index is 958. The summed E-state index contributed by atoms with van der Waals surface area (Å²) < 4.78 is 6.01. The maximum atomic E-state index is 12.3. The first kappa shape index (κ1) is 23.5. The molecule has 1 aliphatic heterocycles. The third-order valence-electron chi connectivity index (χ3n) is 6.58. The molecule has 0 unspecified atom stereocenters. The molecule has 9 heteroatoms. The number of halogens is 1. The smallest absolute Gasteiger partial charge is 0.268 e. The average Bonchev–Trinajstić information content (AvgIpc) is 2.82. The maximum Gasteiger partial charge on any atom is 0.268 e. The molecule has 33 heavy (non-hydrogen) atoms. The summed E-state index contributed by atoms with van der Waals surface area (Å²) in [4.78, 5) is 31.1. The minimum atomic E-state index is -0.858. The van der Waals surface area contributed by atoms with Gasteiger partial charge in [-0.2, -0.15) is 0 Å². The Balaban J connectivity index is 1.19. The van der Waals surface area contributed by atoms with Gasteiger partial charge < -0.3 is 15.2 Å². The van der Waals surface area contributed by atoms with E-state index in [-0.39, 0.29) is 18.5 Å². The van der Waals surface area contributed by atoms with Crippen molar-refractivity contribution in [1.82, 2.24) is 19.6 Å². The summed E-state index contributed by atoms with van der Waals surface area (Å²) in [6.45, 7) is 1.32. The molecule has 1 saturated heterocycles. The largest absolute Gasteiger partial charge is 0.481 e. The molecular weight excluding hydrogens is 444 g/mol. The number of aliphatic hydroxyl groups is 1. The Morgan fingerprint density at radius 2 is 1.91 bits per heavy atom. The van der Waals surface area contributed by atoms with E-state index in [1.807, 2.05) is 12.1 Å². The molecule has 1 aromatic carbocycles. The van der Waals surface area contributed by atoms with Crippen LogP contribution in [0.15, 0.2) is 48.7 Å². The molecule has 0 radical (unpaired) electrons. The Hall–Kier alpha value is -2.68. The SMILES string of the molecule is COc1ccc(C2(O)CCC(N3CC(NC(=O)CN(Cl)C(=O)c4ccccc4)C3)CC2)cn1. The fourth-order valence-electron chi connectivity index (χ4n) is 4.60. The van der Waals surface area contributed by atoms with Crippen LogP contribution in [0, 0.1) is 0 Å². The first-order chi connectivity index (χ1) is 15.9. The molecule has 2 heterocycles. The van der Waals surface area contributed by atoms with E-state index in [1.165, 1.54) is 0 Å². The van der Waals surface area contributed by atoms with Gasteiger partial charge in [0.15, 0.2) is 0 Å². The van der Waals surface area contributed by atoms with E-state index in [0.29, 0.717) is 30.3 Å². The van der Waals surface area contributed by atoms with Crippen LogP contribution in [0.2, 0.25) is 0 Å². The number of pyridine rings is 1. The highest BCUT2D eigenvalue weighted by Gasteiger charge is 2.40. The maximum absolute atomic E-state index is 12.3. The summed E-state index contributed by atoms with van der Waals surface area (Å²) in [6.07, 6.45) is 4.79. The molecule has 2 fully saturated rings. The fourth-order valence-corrected chi connectivity index (χ4v) is 4.81. The van der Waals surface area contributed by atoms with Crippen molar-refractivity contribution in [3.05, 3.63) is 59.8 Å². The Morgan fingerprint density at radius 3 is 2.52 bits per heavy atom. The predicted molar refractivity (Wildman–Crippen MR) is 124 cm³/mol. The lowest BCUT2D eigenvalue weighted by atomic mass is 9.77. The number of rotatable bonds is 7. The van der Waals surface area contributed by atoms with Gasteiger partial charge in [-0.25, -0.2) is 9.40 Å². The minimum absolute atomic E-state index is 0.0426. The van der Waals surface area contributed by atoms with E-state index < -0.39 is 11.5 Å². The van der Waals surface area contributed by atoms with Crippen LogP contribution in [-0.2, 0) is 10.4 Å². The van der Waals surface area contributed by atoms with Crippen molar-refractivity contribution >= 4 is 23.6 Å². The van der Waals surface area contributed by atoms with Gasteiger partial charge in [-0.3, -0.25) is 14.5 Å². The number of carbonyl (C=O) groups is 2. The second kappa shape index (κ2) is 10.1. The molecule has 4 rings (SSSR count). The summed E-state index contributed by atoms with van der Waals surface area (Å²) in [6, 6.07) is 12.7. The molecular formula is C24H29ClN4O4. The van der Waals surface area contributed by atoms with Gasteiger partial charge in [0.1, 0.15) is 6.54 Å². The summed E-state index contributed by atoms with van der Waals surface area (Å²) in [7, 11) is 1.57. The number of amides is 2. The van der Waals surface area contributed by atoms with Gasteiger partial charge in [0.25, 0.3) is 5.91 Å². The summed E-state index contributed by atoms with van der Waals surface area (Å²) >= 11 is 6.03. The molecule has 0 bridgehead atoms. The van der Waals surface area contributed by atoms with Crippen LogP contribution in [0.1, 0.15) is 41.6 Å². The van der Waals surface area contributed by atoms with Crippen molar-refractivity contribution in [3.8, 4) is 5.88 Å². The normalized spacial score (nSPS) is 23.4. The average molecular weight is 473 g/mol. The zero-order valence-corrected chi connectivity index (χ0v) is 19.4. The van der Waals surface area contributed by atoms with Crippen molar-refractivity contribution in [2.24, 2.45) is 0 Å². The van der Waals surface area contributed by atoms with Crippen molar-refractivity contribution < 1.29 is 19.4 Å². The van der Waals surface area contributed by atoms with Gasteiger partial charge in [-0.15, -0.1) is 0 Å². The number of ether oxygens (including phenoxy) is 1. The molecule has 2 aromatic rings. The van der Waals surface area contributed by atoms with Crippen LogP contribution < -0.4 is 10.1 Å². The van der Waals surface area contributed by atoms with Crippen molar-refractivity contribution in [1.29, 1.82) is 0 Å². The second-order valence-electron chi connectivity index (χ2n) is 8.76. The lowest BCUT2D eigenvalue weighted by molar-refractivity contribution is -0.123. The van der Waals surface area contributed by atoms with Gasteiger partial charge in [0.05, 0.1) is 18.8 Å². The Kier molecular flexibility index (Phi) is 7.17. The van der Waals surface area contributed by atoms with Crippen LogP contribution in [0.4, 0.5) is 0 Å². The number of likely N-dealkylation sites (tertiary alicyclic amines) is 1.